The highest BCUT2D eigenvalue weighted by Crippen LogP contribution is 2.15. The Hall–Kier alpha value is -2.41. The van der Waals surface area contributed by atoms with Gasteiger partial charge in [0.05, 0.1) is 0 Å². The fourth-order valence-electron chi connectivity index (χ4n) is 2.19. The Bertz CT molecular complexity index is 831. The molecule has 0 aliphatic carbocycles. The second-order valence-corrected chi connectivity index (χ2v) is 6.27. The Morgan fingerprint density at radius 1 is 1.22 bits per heavy atom. The van der Waals surface area contributed by atoms with Gasteiger partial charge >= 0.3 is 0 Å². The normalized spacial score (nSPS) is 10.9. The van der Waals surface area contributed by atoms with E-state index in [1.807, 2.05) is 50.2 Å². The van der Waals surface area contributed by atoms with Crippen molar-refractivity contribution in [3.63, 3.8) is 0 Å². The number of nitrogens with zero attached hydrogens (tertiary/aromatic N) is 4. The number of carbonyl (C=O) groups is 1. The number of thioether (sulfide) groups is 1. The molecule has 23 heavy (non-hydrogen) atoms. The Morgan fingerprint density at radius 2 is 2.00 bits per heavy atom. The van der Waals surface area contributed by atoms with Crippen molar-refractivity contribution in [2.24, 2.45) is 0 Å². The molecule has 3 aromatic rings. The molecule has 0 saturated heterocycles. The van der Waals surface area contributed by atoms with Gasteiger partial charge in [-0.1, -0.05) is 18.2 Å². The first-order valence-electron chi connectivity index (χ1n) is 7.30. The van der Waals surface area contributed by atoms with E-state index < -0.39 is 0 Å². The molecule has 1 aromatic carbocycles. The van der Waals surface area contributed by atoms with E-state index >= 15 is 0 Å². The molecule has 0 fully saturated rings. The maximum absolute atomic E-state index is 12.1. The maximum Gasteiger partial charge on any atom is 0.291 e. The smallest absolute Gasteiger partial charge is 0.291 e. The van der Waals surface area contributed by atoms with Gasteiger partial charge in [-0.15, -0.1) is 16.9 Å². The van der Waals surface area contributed by atoms with Crippen molar-refractivity contribution >= 4 is 23.4 Å². The van der Waals surface area contributed by atoms with Crippen LogP contribution in [0.3, 0.4) is 0 Å². The summed E-state index contributed by atoms with van der Waals surface area (Å²) in [5.41, 5.74) is 1.76. The van der Waals surface area contributed by atoms with Gasteiger partial charge in [0.25, 0.3) is 11.7 Å². The van der Waals surface area contributed by atoms with Crippen LogP contribution in [-0.4, -0.2) is 37.8 Å². The fraction of sp³-hybridized carbons (Fsp3) is 0.250. The molecule has 7 heteroatoms. The highest BCUT2D eigenvalue weighted by Gasteiger charge is 2.14. The third-order valence-electron chi connectivity index (χ3n) is 3.22. The summed E-state index contributed by atoms with van der Waals surface area (Å²) in [6.07, 6.45) is 0. The number of carbonyl (C=O) groups excluding carboxylic acids is 1. The van der Waals surface area contributed by atoms with Crippen LogP contribution in [0.25, 0.3) is 5.78 Å². The molecule has 0 radical (unpaired) electrons. The van der Waals surface area contributed by atoms with Gasteiger partial charge in [0.1, 0.15) is 0 Å². The maximum atomic E-state index is 12.1. The summed E-state index contributed by atoms with van der Waals surface area (Å²) in [7, 11) is 0. The lowest BCUT2D eigenvalue weighted by Crippen LogP contribution is -2.26. The van der Waals surface area contributed by atoms with Crippen LogP contribution in [0.5, 0.6) is 0 Å². The first kappa shape index (κ1) is 15.5. The quantitative estimate of drug-likeness (QED) is 0.575. The molecular weight excluding hydrogens is 310 g/mol. The minimum Gasteiger partial charge on any atom is -0.348 e. The molecule has 1 amide bonds. The van der Waals surface area contributed by atoms with Crippen LogP contribution in [0.15, 0.2) is 41.3 Å². The number of hydrogen-bond acceptors (Lipinski definition) is 5. The summed E-state index contributed by atoms with van der Waals surface area (Å²) >= 11 is 1.69. The molecule has 0 saturated carbocycles. The number of rotatable bonds is 5. The van der Waals surface area contributed by atoms with Crippen LogP contribution in [0.4, 0.5) is 0 Å². The van der Waals surface area contributed by atoms with Gasteiger partial charge in [0, 0.05) is 28.6 Å². The minimum atomic E-state index is -0.277. The van der Waals surface area contributed by atoms with Crippen LogP contribution in [0, 0.1) is 13.8 Å². The highest BCUT2D eigenvalue weighted by atomic mass is 32.2. The van der Waals surface area contributed by atoms with E-state index in [0.717, 1.165) is 17.1 Å². The number of aryl methyl sites for hydroxylation is 2. The predicted molar refractivity (Wildman–Crippen MR) is 89.8 cm³/mol. The van der Waals surface area contributed by atoms with Gasteiger partial charge in [-0.2, -0.15) is 4.98 Å². The number of fused-ring (bicyclic) bond motifs is 1. The molecule has 0 atom stereocenters. The fourth-order valence-corrected chi connectivity index (χ4v) is 2.98. The molecular formula is C16H17N5OS. The van der Waals surface area contributed by atoms with E-state index in [0.29, 0.717) is 12.3 Å². The average molecular weight is 327 g/mol. The summed E-state index contributed by atoms with van der Waals surface area (Å²) < 4.78 is 1.58. The topological polar surface area (TPSA) is 72.2 Å². The monoisotopic (exact) mass is 327 g/mol. The van der Waals surface area contributed by atoms with E-state index in [-0.39, 0.29) is 11.7 Å². The van der Waals surface area contributed by atoms with Crippen LogP contribution in [0.2, 0.25) is 0 Å². The second-order valence-electron chi connectivity index (χ2n) is 5.10. The molecule has 2 heterocycles. The Labute approximate surface area is 138 Å². The van der Waals surface area contributed by atoms with Gasteiger partial charge in [-0.25, -0.2) is 9.50 Å². The summed E-state index contributed by atoms with van der Waals surface area (Å²) in [6, 6.07) is 12.0. The lowest BCUT2D eigenvalue weighted by Gasteiger charge is -2.02. The van der Waals surface area contributed by atoms with Crippen LogP contribution in [-0.2, 0) is 0 Å². The van der Waals surface area contributed by atoms with Crippen molar-refractivity contribution in [1.29, 1.82) is 0 Å². The van der Waals surface area contributed by atoms with Crippen molar-refractivity contribution in [3.05, 3.63) is 53.6 Å². The Balaban J connectivity index is 1.59. The molecule has 2 aromatic heterocycles. The number of hydrogen-bond donors (Lipinski definition) is 1. The van der Waals surface area contributed by atoms with Crippen molar-refractivity contribution in [2.75, 3.05) is 12.3 Å². The molecule has 0 unspecified atom stereocenters. The van der Waals surface area contributed by atoms with Crippen molar-refractivity contribution in [2.45, 2.75) is 18.7 Å². The molecule has 0 aliphatic rings. The SMILES string of the molecule is Cc1cc(C)n2nc(C(=O)NCCSc3ccccc3)nc2n1. The van der Waals surface area contributed by atoms with Gasteiger partial charge in [0.15, 0.2) is 0 Å². The first-order valence-corrected chi connectivity index (χ1v) is 8.29. The van der Waals surface area contributed by atoms with Gasteiger partial charge < -0.3 is 5.32 Å². The zero-order chi connectivity index (χ0) is 16.2. The summed E-state index contributed by atoms with van der Waals surface area (Å²) in [5, 5.41) is 7.05. The summed E-state index contributed by atoms with van der Waals surface area (Å²) in [4.78, 5) is 21.8. The highest BCUT2D eigenvalue weighted by molar-refractivity contribution is 7.99. The van der Waals surface area contributed by atoms with Gasteiger partial charge in [0.2, 0.25) is 5.82 Å². The zero-order valence-electron chi connectivity index (χ0n) is 13.0. The predicted octanol–water partition coefficient (Wildman–Crippen LogP) is 2.26. The van der Waals surface area contributed by atoms with Crippen LogP contribution < -0.4 is 5.32 Å². The van der Waals surface area contributed by atoms with E-state index in [2.05, 4.69) is 20.4 Å². The largest absolute Gasteiger partial charge is 0.348 e. The molecule has 118 valence electrons. The molecule has 0 spiro atoms. The van der Waals surface area contributed by atoms with Gasteiger partial charge in [-0.3, -0.25) is 4.79 Å². The number of benzene rings is 1. The summed E-state index contributed by atoms with van der Waals surface area (Å²) in [5.74, 6) is 1.11. The first-order chi connectivity index (χ1) is 11.1. The molecule has 3 rings (SSSR count). The second kappa shape index (κ2) is 6.78. The van der Waals surface area contributed by atoms with E-state index in [9.17, 15) is 4.79 Å². The number of nitrogens with one attached hydrogen (secondary N) is 1. The van der Waals surface area contributed by atoms with Crippen molar-refractivity contribution in [1.82, 2.24) is 24.9 Å². The van der Waals surface area contributed by atoms with Crippen molar-refractivity contribution in [3.8, 4) is 0 Å². The van der Waals surface area contributed by atoms with E-state index in [1.54, 1.807) is 16.3 Å². The Morgan fingerprint density at radius 3 is 2.78 bits per heavy atom. The third-order valence-corrected chi connectivity index (χ3v) is 4.23. The summed E-state index contributed by atoms with van der Waals surface area (Å²) in [6.45, 7) is 4.36. The van der Waals surface area contributed by atoms with E-state index in [1.165, 1.54) is 4.90 Å². The molecule has 0 aliphatic heterocycles. The van der Waals surface area contributed by atoms with Crippen LogP contribution in [0.1, 0.15) is 22.0 Å². The number of amides is 1. The van der Waals surface area contributed by atoms with Crippen LogP contribution >= 0.6 is 11.8 Å². The molecule has 1 N–H and O–H groups in total. The van der Waals surface area contributed by atoms with E-state index in [4.69, 9.17) is 0 Å². The zero-order valence-corrected chi connectivity index (χ0v) is 13.8. The van der Waals surface area contributed by atoms with Crippen molar-refractivity contribution < 1.29 is 4.79 Å². The lowest BCUT2D eigenvalue weighted by molar-refractivity contribution is 0.0946. The molecule has 6 nitrogen and oxygen atoms in total. The average Bonchev–Trinajstić information content (AvgIpc) is 2.97. The minimum absolute atomic E-state index is 0.149. The molecule has 0 bridgehead atoms. The number of aromatic nitrogens is 4. The Kier molecular flexibility index (Phi) is 4.57. The standard InChI is InChI=1S/C16H17N5OS/c1-11-10-12(2)21-16(18-11)19-14(20-21)15(22)17-8-9-23-13-6-4-3-5-7-13/h3-7,10H,8-9H2,1-2H3,(H,17,22). The third kappa shape index (κ3) is 3.68. The lowest BCUT2D eigenvalue weighted by atomic mass is 10.4. The van der Waals surface area contributed by atoms with Gasteiger partial charge in [-0.05, 0) is 32.0 Å².